The Bertz CT molecular complexity index is 726. The van der Waals surface area contributed by atoms with Crippen molar-refractivity contribution in [1.29, 1.82) is 5.26 Å². The summed E-state index contributed by atoms with van der Waals surface area (Å²) in [6.07, 6.45) is 0. The Morgan fingerprint density at radius 1 is 1.48 bits per heavy atom. The number of hydrogen-bond donors (Lipinski definition) is 1. The fourth-order valence-electron chi connectivity index (χ4n) is 1.93. The summed E-state index contributed by atoms with van der Waals surface area (Å²) in [4.78, 5) is 13.8. The number of rotatable bonds is 6. The Balaban J connectivity index is 1.97. The van der Waals surface area contributed by atoms with Crippen molar-refractivity contribution in [1.82, 2.24) is 9.69 Å². The lowest BCUT2D eigenvalue weighted by Gasteiger charge is -2.20. The highest BCUT2D eigenvalue weighted by atomic mass is 35.5. The molecule has 23 heavy (non-hydrogen) atoms. The van der Waals surface area contributed by atoms with Gasteiger partial charge in [0.1, 0.15) is 22.5 Å². The van der Waals surface area contributed by atoms with Crippen molar-refractivity contribution >= 4 is 34.0 Å². The fraction of sp³-hybridized carbons (Fsp3) is 0.267. The summed E-state index contributed by atoms with van der Waals surface area (Å²) in [5.41, 5.74) is 1.09. The molecule has 0 unspecified atom stereocenters. The predicted octanol–water partition coefficient (Wildman–Crippen LogP) is 2.95. The number of carbonyl (C=O) groups excluding carboxylic acids is 1. The molecule has 2 aromatic rings. The predicted molar refractivity (Wildman–Crippen MR) is 88.0 cm³/mol. The van der Waals surface area contributed by atoms with Gasteiger partial charge in [-0.2, -0.15) is 9.64 Å². The first kappa shape index (κ1) is 17.2. The Morgan fingerprint density at radius 2 is 2.17 bits per heavy atom. The minimum atomic E-state index is -0.316. The molecule has 0 atom stereocenters. The van der Waals surface area contributed by atoms with Crippen LogP contribution in [0.25, 0.3) is 0 Å². The van der Waals surface area contributed by atoms with Gasteiger partial charge in [-0.25, -0.2) is 4.39 Å². The van der Waals surface area contributed by atoms with Crippen molar-refractivity contribution in [2.45, 2.75) is 13.5 Å². The first-order valence-electron chi connectivity index (χ1n) is 6.86. The van der Waals surface area contributed by atoms with Crippen molar-refractivity contribution in [2.75, 3.05) is 18.0 Å². The Hall–Kier alpha value is -2.17. The maximum Gasteiger partial charge on any atom is 0.239 e. The second-order valence-corrected chi connectivity index (χ2v) is 5.79. The van der Waals surface area contributed by atoms with Crippen molar-refractivity contribution < 1.29 is 9.18 Å². The van der Waals surface area contributed by atoms with Crippen molar-refractivity contribution in [2.24, 2.45) is 0 Å². The largest absolute Gasteiger partial charge is 0.352 e. The summed E-state index contributed by atoms with van der Waals surface area (Å²) in [5.74, 6) is -0.520. The van der Waals surface area contributed by atoms with E-state index in [9.17, 15) is 9.18 Å². The number of aromatic nitrogens is 1. The van der Waals surface area contributed by atoms with E-state index < -0.39 is 0 Å². The third-order valence-electron chi connectivity index (χ3n) is 3.15. The van der Waals surface area contributed by atoms with E-state index in [1.807, 2.05) is 13.0 Å². The molecule has 0 bridgehead atoms. The highest BCUT2D eigenvalue weighted by molar-refractivity contribution is 7.10. The summed E-state index contributed by atoms with van der Waals surface area (Å²) in [6, 6.07) is 7.92. The van der Waals surface area contributed by atoms with Gasteiger partial charge in [-0.15, -0.1) is 0 Å². The topological polar surface area (TPSA) is 69.0 Å². The molecule has 0 fully saturated rings. The molecular formula is C15H14ClFN4OS. The van der Waals surface area contributed by atoms with Crippen molar-refractivity contribution in [3.8, 4) is 6.07 Å². The second-order valence-electron chi connectivity index (χ2n) is 4.68. The number of benzene rings is 1. The second kappa shape index (κ2) is 7.90. The lowest BCUT2D eigenvalue weighted by molar-refractivity contribution is -0.119. The minimum Gasteiger partial charge on any atom is -0.352 e. The average molecular weight is 353 g/mol. The van der Waals surface area contributed by atoms with E-state index >= 15 is 0 Å². The Kier molecular flexibility index (Phi) is 5.90. The van der Waals surface area contributed by atoms with Gasteiger partial charge in [-0.05, 0) is 36.2 Å². The number of amides is 1. The van der Waals surface area contributed by atoms with Crippen LogP contribution in [-0.4, -0.2) is 23.4 Å². The number of anilines is 1. The maximum absolute atomic E-state index is 12.8. The number of nitrogens with zero attached hydrogens (tertiary/aromatic N) is 3. The number of likely N-dealkylation sites (N-methyl/N-ethyl adjacent to an activating group) is 1. The number of nitriles is 1. The minimum absolute atomic E-state index is 0.0882. The van der Waals surface area contributed by atoms with Gasteiger partial charge in [0.05, 0.1) is 6.54 Å². The molecule has 0 radical (unpaired) electrons. The molecule has 120 valence electrons. The van der Waals surface area contributed by atoms with Gasteiger partial charge in [0, 0.05) is 13.1 Å². The lowest BCUT2D eigenvalue weighted by atomic mass is 10.2. The smallest absolute Gasteiger partial charge is 0.239 e. The monoisotopic (exact) mass is 352 g/mol. The summed E-state index contributed by atoms with van der Waals surface area (Å²) < 4.78 is 16.8. The molecule has 1 N–H and O–H groups in total. The molecule has 0 aliphatic rings. The zero-order chi connectivity index (χ0) is 16.8. The fourth-order valence-corrected chi connectivity index (χ4v) is 3.02. The van der Waals surface area contributed by atoms with Crippen LogP contribution < -0.4 is 10.2 Å². The first-order chi connectivity index (χ1) is 11.0. The molecule has 0 aliphatic carbocycles. The molecule has 8 heteroatoms. The van der Waals surface area contributed by atoms with E-state index in [-0.39, 0.29) is 29.0 Å². The zero-order valence-corrected chi connectivity index (χ0v) is 13.9. The van der Waals surface area contributed by atoms with Crippen LogP contribution in [0.15, 0.2) is 24.3 Å². The van der Waals surface area contributed by atoms with Gasteiger partial charge in [0.25, 0.3) is 0 Å². The summed E-state index contributed by atoms with van der Waals surface area (Å²) in [6.45, 7) is 2.81. The Labute approximate surface area is 142 Å². The van der Waals surface area contributed by atoms with E-state index in [0.29, 0.717) is 18.1 Å². The van der Waals surface area contributed by atoms with Gasteiger partial charge in [-0.3, -0.25) is 4.79 Å². The van der Waals surface area contributed by atoms with Crippen LogP contribution in [0.1, 0.15) is 18.1 Å². The number of halogens is 2. The van der Waals surface area contributed by atoms with Gasteiger partial charge in [0.2, 0.25) is 5.91 Å². The van der Waals surface area contributed by atoms with Crippen molar-refractivity contribution in [3.05, 3.63) is 46.4 Å². The van der Waals surface area contributed by atoms with Gasteiger partial charge < -0.3 is 10.2 Å². The van der Waals surface area contributed by atoms with E-state index in [1.165, 1.54) is 12.1 Å². The van der Waals surface area contributed by atoms with Crippen LogP contribution >= 0.6 is 23.1 Å². The van der Waals surface area contributed by atoms with E-state index in [0.717, 1.165) is 17.1 Å². The van der Waals surface area contributed by atoms with Crippen molar-refractivity contribution in [3.63, 3.8) is 0 Å². The molecular weight excluding hydrogens is 339 g/mol. The normalized spacial score (nSPS) is 10.2. The average Bonchev–Trinajstić information content (AvgIpc) is 2.92. The van der Waals surface area contributed by atoms with Crippen LogP contribution in [0.2, 0.25) is 5.15 Å². The molecule has 0 spiro atoms. The molecule has 1 heterocycles. The van der Waals surface area contributed by atoms with E-state index in [1.54, 1.807) is 17.0 Å². The molecule has 1 aromatic heterocycles. The molecule has 2 rings (SSSR count). The molecule has 0 saturated heterocycles. The first-order valence-corrected chi connectivity index (χ1v) is 8.01. The number of nitrogens with one attached hydrogen (secondary N) is 1. The third-order valence-corrected chi connectivity index (χ3v) is 4.43. The SMILES string of the molecule is CCN(CC(=O)NCc1ccc(F)cc1)c1snc(Cl)c1C#N. The number of hydrogen-bond acceptors (Lipinski definition) is 5. The molecule has 1 aromatic carbocycles. The van der Waals surface area contributed by atoms with Crippen LogP contribution in [0.4, 0.5) is 9.39 Å². The van der Waals surface area contributed by atoms with E-state index in [4.69, 9.17) is 16.9 Å². The summed E-state index contributed by atoms with van der Waals surface area (Å²) in [7, 11) is 0. The molecule has 5 nitrogen and oxygen atoms in total. The van der Waals surface area contributed by atoms with Gasteiger partial charge >= 0.3 is 0 Å². The van der Waals surface area contributed by atoms with Gasteiger partial charge in [0.15, 0.2) is 5.15 Å². The molecule has 0 aliphatic heterocycles. The van der Waals surface area contributed by atoms with Gasteiger partial charge in [-0.1, -0.05) is 23.7 Å². The lowest BCUT2D eigenvalue weighted by Crippen LogP contribution is -2.36. The van der Waals surface area contributed by atoms with Crippen LogP contribution in [-0.2, 0) is 11.3 Å². The number of carbonyl (C=O) groups is 1. The zero-order valence-electron chi connectivity index (χ0n) is 12.3. The Morgan fingerprint density at radius 3 is 2.78 bits per heavy atom. The standard InChI is InChI=1S/C15H14ClFN4OS/c1-2-21(15-12(7-18)14(16)20-23-15)9-13(22)19-8-10-3-5-11(17)6-4-10/h3-6H,2,8-9H2,1H3,(H,19,22). The highest BCUT2D eigenvalue weighted by Crippen LogP contribution is 2.30. The summed E-state index contributed by atoms with van der Waals surface area (Å²) >= 11 is 6.95. The quantitative estimate of drug-likeness (QED) is 0.867. The molecule has 1 amide bonds. The third kappa shape index (κ3) is 4.41. The maximum atomic E-state index is 12.8. The summed E-state index contributed by atoms with van der Waals surface area (Å²) in [5, 5.41) is 12.6. The molecule has 0 saturated carbocycles. The van der Waals surface area contributed by atoms with Crippen LogP contribution in [0.3, 0.4) is 0 Å². The van der Waals surface area contributed by atoms with Crippen LogP contribution in [0, 0.1) is 17.1 Å². The van der Waals surface area contributed by atoms with E-state index in [2.05, 4.69) is 9.69 Å². The highest BCUT2D eigenvalue weighted by Gasteiger charge is 2.19. The van der Waals surface area contributed by atoms with Crippen LogP contribution in [0.5, 0.6) is 0 Å².